The van der Waals surface area contributed by atoms with Crippen LogP contribution < -0.4 is 0 Å². The summed E-state index contributed by atoms with van der Waals surface area (Å²) in [7, 11) is 0. The zero-order valence-electron chi connectivity index (χ0n) is 11.6. The average molecular weight is 279 g/mol. The maximum atomic E-state index is 13.5. The lowest BCUT2D eigenvalue weighted by Crippen LogP contribution is -2.49. The van der Waals surface area contributed by atoms with Crippen molar-refractivity contribution in [3.8, 4) is 0 Å². The summed E-state index contributed by atoms with van der Waals surface area (Å²) in [5.41, 5.74) is 0.664. The maximum Gasteiger partial charge on any atom is 0.326 e. The number of hydrogen-bond acceptors (Lipinski definition) is 2. The van der Waals surface area contributed by atoms with Crippen LogP contribution in [0.5, 0.6) is 0 Å². The molecule has 0 bridgehead atoms. The average Bonchev–Trinajstić information content (AvgIpc) is 2.41. The van der Waals surface area contributed by atoms with Crippen LogP contribution in [0.2, 0.25) is 0 Å². The number of nitrogens with zero attached hydrogens (tertiary/aromatic N) is 1. The maximum absolute atomic E-state index is 13.5. The summed E-state index contributed by atoms with van der Waals surface area (Å²) < 4.78 is 13.5. The Morgan fingerprint density at radius 1 is 1.40 bits per heavy atom. The van der Waals surface area contributed by atoms with Crippen molar-refractivity contribution in [1.29, 1.82) is 0 Å². The van der Waals surface area contributed by atoms with Gasteiger partial charge < -0.3 is 10.0 Å². The van der Waals surface area contributed by atoms with E-state index in [2.05, 4.69) is 0 Å². The Hall–Kier alpha value is -1.91. The van der Waals surface area contributed by atoms with Gasteiger partial charge in [-0.2, -0.15) is 0 Å². The molecule has 1 aromatic rings. The molecular weight excluding hydrogens is 261 g/mol. The van der Waals surface area contributed by atoms with E-state index in [1.165, 1.54) is 23.1 Å². The van der Waals surface area contributed by atoms with Crippen molar-refractivity contribution >= 4 is 11.9 Å². The summed E-state index contributed by atoms with van der Waals surface area (Å²) in [6.07, 6.45) is 1.21. The molecule has 0 radical (unpaired) electrons. The molecule has 1 amide bonds. The molecule has 5 heteroatoms. The van der Waals surface area contributed by atoms with Crippen LogP contribution in [0.3, 0.4) is 0 Å². The molecule has 108 valence electrons. The highest BCUT2D eigenvalue weighted by Crippen LogP contribution is 2.24. The molecule has 20 heavy (non-hydrogen) atoms. The number of carbonyl (C=O) groups excluding carboxylic acids is 1. The number of carbonyl (C=O) groups is 2. The van der Waals surface area contributed by atoms with Gasteiger partial charge in [0, 0.05) is 12.1 Å². The lowest BCUT2D eigenvalue weighted by atomic mass is 9.92. The van der Waals surface area contributed by atoms with Gasteiger partial charge in [0.05, 0.1) is 0 Å². The largest absolute Gasteiger partial charge is 0.480 e. The molecule has 1 aromatic carbocycles. The van der Waals surface area contributed by atoms with Crippen molar-refractivity contribution in [2.75, 3.05) is 6.54 Å². The number of piperidine rings is 1. The van der Waals surface area contributed by atoms with E-state index in [9.17, 15) is 19.1 Å². The molecule has 1 aliphatic heterocycles. The predicted octanol–water partition coefficient (Wildman–Crippen LogP) is 2.46. The number of hydrogen-bond donors (Lipinski definition) is 1. The van der Waals surface area contributed by atoms with Crippen LogP contribution in [0.25, 0.3) is 0 Å². The molecular formula is C15H18FNO3. The highest BCUT2D eigenvalue weighted by molar-refractivity contribution is 5.96. The molecule has 0 aliphatic carbocycles. The number of aryl methyl sites for hydroxylation is 1. The number of benzene rings is 1. The van der Waals surface area contributed by atoms with E-state index >= 15 is 0 Å². The molecule has 2 rings (SSSR count). The van der Waals surface area contributed by atoms with E-state index in [4.69, 9.17) is 0 Å². The van der Waals surface area contributed by atoms with Gasteiger partial charge in [0.25, 0.3) is 5.91 Å². The van der Waals surface area contributed by atoms with Gasteiger partial charge in [-0.15, -0.1) is 0 Å². The Bertz CT molecular complexity index is 544. The third-order valence-corrected chi connectivity index (χ3v) is 3.83. The van der Waals surface area contributed by atoms with Crippen LogP contribution in [-0.2, 0) is 4.79 Å². The Kier molecular flexibility index (Phi) is 4.06. The molecule has 0 saturated carbocycles. The molecule has 1 N–H and O–H groups in total. The fraction of sp³-hybridized carbons (Fsp3) is 0.467. The molecule has 4 nitrogen and oxygen atoms in total. The summed E-state index contributed by atoms with van der Waals surface area (Å²) in [4.78, 5) is 25.0. The number of aliphatic carboxylic acids is 1. The zero-order chi connectivity index (χ0) is 14.9. The van der Waals surface area contributed by atoms with Crippen molar-refractivity contribution in [3.05, 3.63) is 35.1 Å². The highest BCUT2D eigenvalue weighted by atomic mass is 19.1. The summed E-state index contributed by atoms with van der Waals surface area (Å²) in [5.74, 6) is -1.59. The van der Waals surface area contributed by atoms with Crippen molar-refractivity contribution < 1.29 is 19.1 Å². The van der Waals surface area contributed by atoms with Crippen LogP contribution in [0.1, 0.15) is 35.7 Å². The SMILES string of the molecule is Cc1ccc(C(=O)N2CCC(C)CC2C(=O)O)cc1F. The molecule has 1 fully saturated rings. The van der Waals surface area contributed by atoms with Gasteiger partial charge in [-0.25, -0.2) is 9.18 Å². The first kappa shape index (κ1) is 14.5. The van der Waals surface area contributed by atoms with E-state index in [0.717, 1.165) is 6.42 Å². The number of halogens is 1. The molecule has 1 heterocycles. The Balaban J connectivity index is 2.26. The van der Waals surface area contributed by atoms with Gasteiger partial charge >= 0.3 is 5.97 Å². The van der Waals surface area contributed by atoms with Crippen molar-refractivity contribution in [2.45, 2.75) is 32.7 Å². The Morgan fingerprint density at radius 2 is 2.10 bits per heavy atom. The van der Waals surface area contributed by atoms with Crippen molar-refractivity contribution in [1.82, 2.24) is 4.90 Å². The van der Waals surface area contributed by atoms with E-state index in [0.29, 0.717) is 18.5 Å². The Labute approximate surface area is 117 Å². The zero-order valence-corrected chi connectivity index (χ0v) is 11.6. The normalized spacial score (nSPS) is 22.6. The second-order valence-corrected chi connectivity index (χ2v) is 5.45. The second kappa shape index (κ2) is 5.61. The highest BCUT2D eigenvalue weighted by Gasteiger charge is 2.35. The van der Waals surface area contributed by atoms with Crippen molar-refractivity contribution in [2.24, 2.45) is 5.92 Å². The van der Waals surface area contributed by atoms with Gasteiger partial charge in [0.15, 0.2) is 0 Å². The van der Waals surface area contributed by atoms with E-state index in [-0.39, 0.29) is 11.5 Å². The molecule has 1 saturated heterocycles. The summed E-state index contributed by atoms with van der Waals surface area (Å²) >= 11 is 0. The quantitative estimate of drug-likeness (QED) is 0.904. The lowest BCUT2D eigenvalue weighted by molar-refractivity contribution is -0.144. The van der Waals surface area contributed by atoms with Crippen LogP contribution in [0.15, 0.2) is 18.2 Å². The fourth-order valence-corrected chi connectivity index (χ4v) is 2.51. The fourth-order valence-electron chi connectivity index (χ4n) is 2.51. The Morgan fingerprint density at radius 3 is 2.70 bits per heavy atom. The third-order valence-electron chi connectivity index (χ3n) is 3.83. The second-order valence-electron chi connectivity index (χ2n) is 5.45. The topological polar surface area (TPSA) is 57.6 Å². The first-order valence-corrected chi connectivity index (χ1v) is 6.70. The summed E-state index contributed by atoms with van der Waals surface area (Å²) in [6.45, 7) is 3.99. The summed E-state index contributed by atoms with van der Waals surface area (Å²) in [6, 6.07) is 3.42. The predicted molar refractivity (Wildman–Crippen MR) is 72.0 cm³/mol. The first-order valence-electron chi connectivity index (χ1n) is 6.70. The van der Waals surface area contributed by atoms with Gasteiger partial charge in [0.2, 0.25) is 0 Å². The minimum absolute atomic E-state index is 0.203. The number of carboxylic acid groups (broad SMARTS) is 1. The van der Waals surface area contributed by atoms with E-state index in [1.54, 1.807) is 6.92 Å². The lowest BCUT2D eigenvalue weighted by Gasteiger charge is -2.36. The molecule has 2 atom stereocenters. The van der Waals surface area contributed by atoms with Crippen LogP contribution in [0, 0.1) is 18.7 Å². The molecule has 2 unspecified atom stereocenters. The minimum atomic E-state index is -1.00. The summed E-state index contributed by atoms with van der Waals surface area (Å²) in [5, 5.41) is 9.25. The van der Waals surface area contributed by atoms with Gasteiger partial charge in [-0.05, 0) is 43.4 Å². The van der Waals surface area contributed by atoms with Gasteiger partial charge in [0.1, 0.15) is 11.9 Å². The van der Waals surface area contributed by atoms with Crippen LogP contribution in [0.4, 0.5) is 4.39 Å². The molecule has 1 aliphatic rings. The van der Waals surface area contributed by atoms with E-state index < -0.39 is 23.7 Å². The van der Waals surface area contributed by atoms with Gasteiger partial charge in [-0.3, -0.25) is 4.79 Å². The number of carboxylic acids is 1. The minimum Gasteiger partial charge on any atom is -0.480 e. The van der Waals surface area contributed by atoms with E-state index in [1.807, 2.05) is 6.92 Å². The first-order chi connectivity index (χ1) is 9.40. The van der Waals surface area contributed by atoms with Gasteiger partial charge in [-0.1, -0.05) is 13.0 Å². The van der Waals surface area contributed by atoms with Crippen molar-refractivity contribution in [3.63, 3.8) is 0 Å². The monoisotopic (exact) mass is 279 g/mol. The number of likely N-dealkylation sites (tertiary alicyclic amines) is 1. The number of rotatable bonds is 2. The van der Waals surface area contributed by atoms with Crippen LogP contribution in [-0.4, -0.2) is 34.5 Å². The third kappa shape index (κ3) is 2.81. The van der Waals surface area contributed by atoms with Crippen LogP contribution >= 0.6 is 0 Å². The smallest absolute Gasteiger partial charge is 0.326 e. The molecule has 0 aromatic heterocycles. The standard InChI is InChI=1S/C15H18FNO3/c1-9-5-6-17(13(7-9)15(19)20)14(18)11-4-3-10(2)12(16)8-11/h3-4,8-9,13H,5-7H2,1-2H3,(H,19,20). The number of amides is 1. The molecule has 0 spiro atoms.